The van der Waals surface area contributed by atoms with Crippen LogP contribution in [0.15, 0.2) is 67.1 Å². The number of anilines is 1. The highest BCUT2D eigenvalue weighted by Crippen LogP contribution is 2.36. The van der Waals surface area contributed by atoms with Crippen LogP contribution in [0.1, 0.15) is 16.8 Å². The van der Waals surface area contributed by atoms with Gasteiger partial charge in [-0.05, 0) is 42.0 Å². The van der Waals surface area contributed by atoms with E-state index in [1.165, 1.54) is 18.3 Å². The summed E-state index contributed by atoms with van der Waals surface area (Å²) in [4.78, 5) is 27.7. The third-order valence-corrected chi connectivity index (χ3v) is 6.00. The molecule has 0 aliphatic heterocycles. The van der Waals surface area contributed by atoms with E-state index in [0.717, 1.165) is 36.0 Å². The Kier molecular flexibility index (Phi) is 6.87. The van der Waals surface area contributed by atoms with Crippen molar-refractivity contribution < 1.29 is 27.1 Å². The molecule has 2 N–H and O–H groups in total. The molecular formula is C28H18F4N6O2. The molecule has 1 aromatic carbocycles. The summed E-state index contributed by atoms with van der Waals surface area (Å²) >= 11 is 0. The number of benzene rings is 1. The van der Waals surface area contributed by atoms with Crippen molar-refractivity contribution in [1.29, 1.82) is 5.26 Å². The van der Waals surface area contributed by atoms with Crippen LogP contribution in [0.5, 0.6) is 5.88 Å². The number of nitrogens with one attached hydrogen (secondary N) is 2. The first-order valence-corrected chi connectivity index (χ1v) is 11.7. The van der Waals surface area contributed by atoms with Gasteiger partial charge >= 0.3 is 6.18 Å². The Labute approximate surface area is 224 Å². The number of ether oxygens (including phenoxy) is 1. The highest BCUT2D eigenvalue weighted by Gasteiger charge is 2.35. The zero-order valence-electron chi connectivity index (χ0n) is 20.7. The van der Waals surface area contributed by atoms with Crippen LogP contribution in [0.25, 0.3) is 33.4 Å². The van der Waals surface area contributed by atoms with Gasteiger partial charge in [0.05, 0.1) is 25.4 Å². The number of hydrogen-bond acceptors (Lipinski definition) is 6. The first-order chi connectivity index (χ1) is 19.1. The number of fused-ring (bicyclic) bond motifs is 1. The van der Waals surface area contributed by atoms with Crippen molar-refractivity contribution in [1.82, 2.24) is 19.9 Å². The number of aromatic amines is 1. The van der Waals surface area contributed by atoms with Crippen LogP contribution in [0, 0.1) is 17.1 Å². The smallest absolute Gasteiger partial charge is 0.421 e. The SMILES string of the molecule is COc1ncc(NC(=O)Cc2ccc(-c3cnc4[nH]c(-c5ccc(C#N)nc5)cc4c3)c(F)c2)cc1C(F)(F)F. The number of nitrogens with zero attached hydrogens (tertiary/aromatic N) is 4. The van der Waals surface area contributed by atoms with Crippen molar-refractivity contribution in [3.05, 3.63) is 89.8 Å². The number of methoxy groups -OCH3 is 1. The van der Waals surface area contributed by atoms with Crippen LogP contribution in [0.4, 0.5) is 23.2 Å². The molecule has 0 saturated carbocycles. The van der Waals surface area contributed by atoms with E-state index in [2.05, 4.69) is 30.0 Å². The van der Waals surface area contributed by atoms with Crippen molar-refractivity contribution in [3.8, 4) is 34.3 Å². The Morgan fingerprint density at radius 1 is 1.02 bits per heavy atom. The Hall–Kier alpha value is -5.31. The fourth-order valence-corrected chi connectivity index (χ4v) is 4.12. The van der Waals surface area contributed by atoms with E-state index in [-0.39, 0.29) is 17.7 Å². The number of carbonyl (C=O) groups excluding carboxylic acids is 1. The van der Waals surface area contributed by atoms with E-state index in [1.807, 2.05) is 12.1 Å². The minimum atomic E-state index is -4.72. The molecule has 0 atom stereocenters. The van der Waals surface area contributed by atoms with E-state index in [0.29, 0.717) is 22.5 Å². The van der Waals surface area contributed by atoms with Crippen LogP contribution in [-0.4, -0.2) is 33.0 Å². The van der Waals surface area contributed by atoms with Gasteiger partial charge in [0.1, 0.15) is 28.8 Å². The minimum Gasteiger partial charge on any atom is -0.481 e. The fourth-order valence-electron chi connectivity index (χ4n) is 4.12. The highest BCUT2D eigenvalue weighted by atomic mass is 19.4. The number of pyridine rings is 3. The predicted molar refractivity (Wildman–Crippen MR) is 138 cm³/mol. The molecule has 4 aromatic heterocycles. The number of alkyl halides is 3. The topological polar surface area (TPSA) is 117 Å². The molecule has 1 amide bonds. The molecule has 8 nitrogen and oxygen atoms in total. The van der Waals surface area contributed by atoms with Gasteiger partial charge in [0.25, 0.3) is 0 Å². The van der Waals surface area contributed by atoms with Crippen LogP contribution in [-0.2, 0) is 17.4 Å². The van der Waals surface area contributed by atoms with Crippen molar-refractivity contribution in [3.63, 3.8) is 0 Å². The molecule has 5 rings (SSSR count). The number of aromatic nitrogens is 4. The maximum absolute atomic E-state index is 15.1. The predicted octanol–water partition coefficient (Wildman–Crippen LogP) is 5.91. The van der Waals surface area contributed by atoms with Crippen molar-refractivity contribution in [2.75, 3.05) is 12.4 Å². The van der Waals surface area contributed by atoms with E-state index >= 15 is 4.39 Å². The fraction of sp³-hybridized carbons (Fsp3) is 0.107. The maximum Gasteiger partial charge on any atom is 0.421 e. The zero-order valence-corrected chi connectivity index (χ0v) is 20.7. The molecule has 5 aromatic rings. The van der Waals surface area contributed by atoms with Gasteiger partial charge < -0.3 is 15.0 Å². The first-order valence-electron chi connectivity index (χ1n) is 11.7. The number of halogens is 4. The summed E-state index contributed by atoms with van der Waals surface area (Å²) < 4.78 is 59.4. The lowest BCUT2D eigenvalue weighted by Crippen LogP contribution is -2.16. The molecule has 12 heteroatoms. The standard InChI is InChI=1S/C28H18F4N6O2/c1-40-27-22(28(30,31)32)10-20(14-36-27)37-25(39)7-15-2-5-21(23(29)6-15)18-8-17-9-24(38-26(17)35-13-18)16-3-4-19(11-33)34-12-16/h2-6,8-10,12-14H,7H2,1H3,(H,35,38)(H,37,39). The molecule has 0 radical (unpaired) electrons. The molecule has 0 fully saturated rings. The summed E-state index contributed by atoms with van der Waals surface area (Å²) in [5, 5.41) is 12.0. The molecule has 0 saturated heterocycles. The second-order valence-corrected chi connectivity index (χ2v) is 8.71. The minimum absolute atomic E-state index is 0.169. The summed E-state index contributed by atoms with van der Waals surface area (Å²) in [6.07, 6.45) is -0.873. The van der Waals surface area contributed by atoms with Gasteiger partial charge in [-0.25, -0.2) is 19.3 Å². The maximum atomic E-state index is 15.1. The zero-order chi connectivity index (χ0) is 28.4. The van der Waals surface area contributed by atoms with Gasteiger partial charge in [0.15, 0.2) is 0 Å². The second kappa shape index (κ2) is 10.5. The Bertz CT molecular complexity index is 1780. The van der Waals surface area contributed by atoms with Gasteiger partial charge in [0.2, 0.25) is 11.8 Å². The Morgan fingerprint density at radius 3 is 2.50 bits per heavy atom. The quantitative estimate of drug-likeness (QED) is 0.256. The third kappa shape index (κ3) is 5.44. The van der Waals surface area contributed by atoms with Crippen molar-refractivity contribution in [2.45, 2.75) is 12.6 Å². The third-order valence-electron chi connectivity index (χ3n) is 6.00. The Morgan fingerprint density at radius 2 is 1.82 bits per heavy atom. The molecule has 0 aliphatic carbocycles. The Balaban J connectivity index is 1.32. The van der Waals surface area contributed by atoms with Crippen LogP contribution >= 0.6 is 0 Å². The summed E-state index contributed by atoms with van der Waals surface area (Å²) in [6, 6.07) is 13.9. The normalized spacial score (nSPS) is 11.3. The molecule has 0 bridgehead atoms. The summed E-state index contributed by atoms with van der Waals surface area (Å²) in [7, 11) is 1.06. The van der Waals surface area contributed by atoms with E-state index in [9.17, 15) is 18.0 Å². The lowest BCUT2D eigenvalue weighted by atomic mass is 10.0. The van der Waals surface area contributed by atoms with Crippen molar-refractivity contribution in [2.24, 2.45) is 0 Å². The summed E-state index contributed by atoms with van der Waals surface area (Å²) in [6.45, 7) is 0. The number of carbonyl (C=O) groups is 1. The lowest BCUT2D eigenvalue weighted by molar-refractivity contribution is -0.139. The van der Waals surface area contributed by atoms with Gasteiger partial charge in [-0.15, -0.1) is 0 Å². The molecule has 0 unspecified atom stereocenters. The first kappa shape index (κ1) is 26.3. The average Bonchev–Trinajstić information content (AvgIpc) is 3.36. The number of rotatable bonds is 6. The van der Waals surface area contributed by atoms with Crippen LogP contribution < -0.4 is 10.1 Å². The monoisotopic (exact) mass is 546 g/mol. The molecule has 0 spiro atoms. The van der Waals surface area contributed by atoms with Crippen molar-refractivity contribution >= 4 is 22.6 Å². The molecule has 40 heavy (non-hydrogen) atoms. The molecule has 4 heterocycles. The second-order valence-electron chi connectivity index (χ2n) is 8.71. The molecule has 200 valence electrons. The van der Waals surface area contributed by atoms with Gasteiger partial charge in [-0.3, -0.25) is 4.79 Å². The number of hydrogen-bond donors (Lipinski definition) is 2. The van der Waals surface area contributed by atoms with E-state index in [1.54, 1.807) is 30.5 Å². The van der Waals surface area contributed by atoms with Gasteiger partial charge in [-0.1, -0.05) is 12.1 Å². The summed E-state index contributed by atoms with van der Waals surface area (Å²) in [5.74, 6) is -1.85. The van der Waals surface area contributed by atoms with E-state index in [4.69, 9.17) is 5.26 Å². The van der Waals surface area contributed by atoms with E-state index < -0.39 is 29.3 Å². The molecule has 0 aliphatic rings. The van der Waals surface area contributed by atoms with Gasteiger partial charge in [-0.2, -0.15) is 18.4 Å². The van der Waals surface area contributed by atoms with Gasteiger partial charge in [0, 0.05) is 40.2 Å². The van der Waals surface area contributed by atoms with Crippen LogP contribution in [0.3, 0.4) is 0 Å². The summed E-state index contributed by atoms with van der Waals surface area (Å²) in [5.41, 5.74) is 2.16. The number of amides is 1. The highest BCUT2D eigenvalue weighted by molar-refractivity contribution is 5.92. The molecular weight excluding hydrogens is 528 g/mol. The largest absolute Gasteiger partial charge is 0.481 e. The average molecular weight is 546 g/mol. The number of H-pyrrole nitrogens is 1. The lowest BCUT2D eigenvalue weighted by Gasteiger charge is -2.13. The van der Waals surface area contributed by atoms with Crippen LogP contribution in [0.2, 0.25) is 0 Å². The number of nitriles is 1.